The molecule has 0 aliphatic carbocycles. The molecular formula is C38H31NOS. The zero-order valence-corrected chi connectivity index (χ0v) is 24.5. The first-order chi connectivity index (χ1) is 19.9. The normalized spacial score (nSPS) is 11.7. The van der Waals surface area contributed by atoms with Gasteiger partial charge in [-0.15, -0.1) is 11.3 Å². The molecule has 7 aromatic rings. The number of hydrogen-bond acceptors (Lipinski definition) is 2. The standard InChI is InChI=1S/C38H31NOS/c1-22(2)27-16-18-33-30(20-27)38(40)31-21-28(17-19-34(31)41-33)37-35(26-14-10-24(4)11-15-26)36-29(6-5-7-32(36)39-37)25-12-8-23(3)9-13-25/h5-22,39H,1-4H3. The van der Waals surface area contributed by atoms with Crippen LogP contribution in [0.25, 0.3) is 64.6 Å². The van der Waals surface area contributed by atoms with Crippen LogP contribution < -0.4 is 5.43 Å². The molecule has 0 amide bonds. The Labute approximate surface area is 243 Å². The van der Waals surface area contributed by atoms with Gasteiger partial charge in [-0.3, -0.25) is 4.79 Å². The van der Waals surface area contributed by atoms with Gasteiger partial charge in [-0.25, -0.2) is 0 Å². The summed E-state index contributed by atoms with van der Waals surface area (Å²) in [5, 5.41) is 2.77. The van der Waals surface area contributed by atoms with Gasteiger partial charge in [-0.2, -0.15) is 0 Å². The Morgan fingerprint density at radius 2 is 1.27 bits per heavy atom. The second-order valence-electron chi connectivity index (χ2n) is 11.4. The molecule has 41 heavy (non-hydrogen) atoms. The number of fused-ring (bicyclic) bond motifs is 3. The van der Waals surface area contributed by atoms with Gasteiger partial charge in [0.1, 0.15) is 0 Å². The van der Waals surface area contributed by atoms with E-state index in [1.54, 1.807) is 11.3 Å². The average molecular weight is 550 g/mol. The number of benzene rings is 5. The Morgan fingerprint density at radius 3 is 1.95 bits per heavy atom. The summed E-state index contributed by atoms with van der Waals surface area (Å²) in [4.78, 5) is 17.6. The predicted molar refractivity (Wildman–Crippen MR) is 177 cm³/mol. The van der Waals surface area contributed by atoms with E-state index in [4.69, 9.17) is 0 Å². The lowest BCUT2D eigenvalue weighted by molar-refractivity contribution is 0.869. The fourth-order valence-electron chi connectivity index (χ4n) is 5.84. The monoisotopic (exact) mass is 549 g/mol. The molecule has 2 heterocycles. The molecule has 0 bridgehead atoms. The van der Waals surface area contributed by atoms with Crippen LogP contribution in [0.2, 0.25) is 0 Å². The van der Waals surface area contributed by atoms with Crippen LogP contribution in [0.3, 0.4) is 0 Å². The third-order valence-electron chi connectivity index (χ3n) is 8.17. The summed E-state index contributed by atoms with van der Waals surface area (Å²) in [6.45, 7) is 8.57. The lowest BCUT2D eigenvalue weighted by Crippen LogP contribution is -2.02. The summed E-state index contributed by atoms with van der Waals surface area (Å²) in [6, 6.07) is 36.6. The second-order valence-corrected chi connectivity index (χ2v) is 12.5. The van der Waals surface area contributed by atoms with Gasteiger partial charge in [-0.1, -0.05) is 97.8 Å². The Hall–Kier alpha value is -4.47. The molecule has 0 unspecified atom stereocenters. The summed E-state index contributed by atoms with van der Waals surface area (Å²) in [7, 11) is 0. The Bertz CT molecular complexity index is 2150. The van der Waals surface area contributed by atoms with Crippen molar-refractivity contribution in [3.63, 3.8) is 0 Å². The number of nitrogens with one attached hydrogen (secondary N) is 1. The van der Waals surface area contributed by atoms with Crippen molar-refractivity contribution >= 4 is 42.4 Å². The molecule has 0 saturated carbocycles. The molecule has 0 atom stereocenters. The first kappa shape index (κ1) is 25.5. The highest BCUT2D eigenvalue weighted by molar-refractivity contribution is 7.24. The fraction of sp³-hybridized carbons (Fsp3) is 0.132. The minimum Gasteiger partial charge on any atom is -0.354 e. The number of aryl methyl sites for hydroxylation is 2. The van der Waals surface area contributed by atoms with Crippen LogP contribution in [0.1, 0.15) is 36.5 Å². The first-order valence-electron chi connectivity index (χ1n) is 14.2. The van der Waals surface area contributed by atoms with Crippen molar-refractivity contribution in [2.45, 2.75) is 33.6 Å². The average Bonchev–Trinajstić information content (AvgIpc) is 3.38. The summed E-state index contributed by atoms with van der Waals surface area (Å²) in [6.07, 6.45) is 0. The van der Waals surface area contributed by atoms with Gasteiger partial charge in [0.25, 0.3) is 0 Å². The van der Waals surface area contributed by atoms with E-state index in [-0.39, 0.29) is 5.43 Å². The Balaban J connectivity index is 1.52. The molecule has 0 saturated heterocycles. The number of hydrogen-bond donors (Lipinski definition) is 1. The maximum absolute atomic E-state index is 13.9. The SMILES string of the molecule is Cc1ccc(-c2cccc3[nH]c(-c4ccc5sc6ccc(C(C)C)cc6c(=O)c5c4)c(-c4ccc(C)cc4)c23)cc1. The second kappa shape index (κ2) is 9.87. The van der Waals surface area contributed by atoms with E-state index in [9.17, 15) is 4.79 Å². The van der Waals surface area contributed by atoms with Crippen molar-refractivity contribution in [2.24, 2.45) is 0 Å². The molecule has 2 nitrogen and oxygen atoms in total. The van der Waals surface area contributed by atoms with Crippen molar-refractivity contribution in [1.29, 1.82) is 0 Å². The first-order valence-corrected chi connectivity index (χ1v) is 15.0. The lowest BCUT2D eigenvalue weighted by Gasteiger charge is -2.11. The van der Waals surface area contributed by atoms with Gasteiger partial charge in [0.2, 0.25) is 0 Å². The smallest absolute Gasteiger partial charge is 0.195 e. The molecule has 5 aromatic carbocycles. The van der Waals surface area contributed by atoms with E-state index >= 15 is 0 Å². The van der Waals surface area contributed by atoms with Crippen LogP contribution in [-0.2, 0) is 0 Å². The van der Waals surface area contributed by atoms with Crippen molar-refractivity contribution in [3.8, 4) is 33.5 Å². The van der Waals surface area contributed by atoms with Crippen LogP contribution in [0.5, 0.6) is 0 Å². The van der Waals surface area contributed by atoms with Crippen LogP contribution in [-0.4, -0.2) is 4.98 Å². The molecule has 0 aliphatic heterocycles. The highest BCUT2D eigenvalue weighted by atomic mass is 32.1. The van der Waals surface area contributed by atoms with Crippen molar-refractivity contribution < 1.29 is 0 Å². The maximum Gasteiger partial charge on any atom is 0.195 e. The molecule has 1 N–H and O–H groups in total. The number of aromatic nitrogens is 1. The third kappa shape index (κ3) is 4.38. The molecule has 200 valence electrons. The minimum absolute atomic E-state index is 0.103. The van der Waals surface area contributed by atoms with Gasteiger partial charge >= 0.3 is 0 Å². The Morgan fingerprint density at radius 1 is 0.659 bits per heavy atom. The Kier molecular flexibility index (Phi) is 6.13. The summed E-state index contributed by atoms with van der Waals surface area (Å²) in [5.41, 5.74) is 11.6. The third-order valence-corrected chi connectivity index (χ3v) is 9.33. The van der Waals surface area contributed by atoms with E-state index in [0.717, 1.165) is 48.1 Å². The van der Waals surface area contributed by atoms with Gasteiger partial charge < -0.3 is 4.98 Å². The van der Waals surface area contributed by atoms with Gasteiger partial charge in [-0.05, 0) is 77.9 Å². The highest BCUT2D eigenvalue weighted by Crippen LogP contribution is 2.43. The quantitative estimate of drug-likeness (QED) is 0.218. The highest BCUT2D eigenvalue weighted by Gasteiger charge is 2.20. The minimum atomic E-state index is 0.103. The zero-order chi connectivity index (χ0) is 28.2. The molecule has 3 heteroatoms. The van der Waals surface area contributed by atoms with Crippen molar-refractivity contribution in [3.05, 3.63) is 130 Å². The summed E-state index contributed by atoms with van der Waals surface area (Å²) in [5.74, 6) is 0.372. The largest absolute Gasteiger partial charge is 0.354 e. The van der Waals surface area contributed by atoms with Gasteiger partial charge in [0.15, 0.2) is 5.43 Å². The van der Waals surface area contributed by atoms with Crippen LogP contribution >= 0.6 is 11.3 Å². The number of aromatic amines is 1. The van der Waals surface area contributed by atoms with E-state index < -0.39 is 0 Å². The molecule has 7 rings (SSSR count). The maximum atomic E-state index is 13.9. The van der Waals surface area contributed by atoms with Gasteiger partial charge in [0.05, 0.1) is 5.69 Å². The van der Waals surface area contributed by atoms with E-state index in [0.29, 0.717) is 5.92 Å². The van der Waals surface area contributed by atoms with Crippen LogP contribution in [0.4, 0.5) is 0 Å². The topological polar surface area (TPSA) is 32.9 Å². The summed E-state index contributed by atoms with van der Waals surface area (Å²) < 4.78 is 2.05. The van der Waals surface area contributed by atoms with Crippen LogP contribution in [0, 0.1) is 13.8 Å². The molecular weight excluding hydrogens is 518 g/mol. The zero-order valence-electron chi connectivity index (χ0n) is 23.7. The molecule has 2 aromatic heterocycles. The van der Waals surface area contributed by atoms with E-state index in [1.165, 1.54) is 33.2 Å². The fourth-order valence-corrected chi connectivity index (χ4v) is 6.87. The molecule has 0 fully saturated rings. The predicted octanol–water partition coefficient (Wildman–Crippen LogP) is 10.6. The van der Waals surface area contributed by atoms with Crippen LogP contribution in [0.15, 0.2) is 108 Å². The summed E-state index contributed by atoms with van der Waals surface area (Å²) >= 11 is 1.69. The number of H-pyrrole nitrogens is 1. The van der Waals surface area contributed by atoms with Gasteiger partial charge in [0, 0.05) is 36.6 Å². The van der Waals surface area contributed by atoms with E-state index in [1.807, 2.05) is 0 Å². The number of rotatable bonds is 4. The van der Waals surface area contributed by atoms with E-state index in [2.05, 4.69) is 136 Å². The lowest BCUT2D eigenvalue weighted by atomic mass is 9.92. The van der Waals surface area contributed by atoms with Crippen molar-refractivity contribution in [2.75, 3.05) is 0 Å². The molecule has 0 spiro atoms. The molecule has 0 aliphatic rings. The van der Waals surface area contributed by atoms with Crippen molar-refractivity contribution in [1.82, 2.24) is 4.98 Å². The molecule has 0 radical (unpaired) electrons.